The Morgan fingerprint density at radius 2 is 1.72 bits per heavy atom. The summed E-state index contributed by atoms with van der Waals surface area (Å²) in [7, 11) is 0. The van der Waals surface area contributed by atoms with Crippen LogP contribution >= 0.6 is 34.8 Å². The van der Waals surface area contributed by atoms with Crippen LogP contribution in [-0.4, -0.2) is 5.11 Å². The van der Waals surface area contributed by atoms with Crippen LogP contribution in [0.1, 0.15) is 5.56 Å². The number of aliphatic hydroxyl groups is 1. The molecule has 0 amide bonds. The minimum absolute atomic E-state index is 0.198. The van der Waals surface area contributed by atoms with E-state index in [0.717, 1.165) is 0 Å². The minimum Gasteiger partial charge on any atom is -0.457 e. The first-order valence-corrected chi connectivity index (χ1v) is 6.26. The highest BCUT2D eigenvalue weighted by molar-refractivity contribution is 6.42. The highest BCUT2D eigenvalue weighted by atomic mass is 35.5. The second kappa shape index (κ2) is 5.81. The van der Waals surface area contributed by atoms with Gasteiger partial charge in [0.2, 0.25) is 0 Å². The van der Waals surface area contributed by atoms with Gasteiger partial charge in [0, 0.05) is 16.7 Å². The zero-order chi connectivity index (χ0) is 13.1. The molecule has 0 aromatic heterocycles. The monoisotopic (exact) mass is 302 g/mol. The van der Waals surface area contributed by atoms with Crippen molar-refractivity contribution in [3.05, 3.63) is 57.0 Å². The van der Waals surface area contributed by atoms with E-state index in [4.69, 9.17) is 39.5 Å². The van der Waals surface area contributed by atoms with Gasteiger partial charge in [0.15, 0.2) is 0 Å². The van der Waals surface area contributed by atoms with Gasteiger partial charge in [-0.2, -0.15) is 0 Å². The predicted molar refractivity (Wildman–Crippen MR) is 73.9 cm³/mol. The van der Waals surface area contributed by atoms with Crippen molar-refractivity contribution in [2.75, 3.05) is 0 Å². The standard InChI is InChI=1S/C13H9Cl3O2/c14-10-2-1-3-13(9(10)7-17)18-8-4-5-11(15)12(16)6-8/h1-6,17H,7H2. The molecule has 0 aliphatic rings. The summed E-state index contributed by atoms with van der Waals surface area (Å²) in [5.41, 5.74) is 0.533. The van der Waals surface area contributed by atoms with Crippen LogP contribution in [-0.2, 0) is 6.61 Å². The molecule has 18 heavy (non-hydrogen) atoms. The lowest BCUT2D eigenvalue weighted by atomic mass is 10.2. The number of hydrogen-bond donors (Lipinski definition) is 1. The van der Waals surface area contributed by atoms with Gasteiger partial charge in [0.25, 0.3) is 0 Å². The third-order valence-corrected chi connectivity index (χ3v) is 3.45. The summed E-state index contributed by atoms with van der Waals surface area (Å²) in [6, 6.07) is 10.1. The van der Waals surface area contributed by atoms with Crippen LogP contribution in [0.25, 0.3) is 0 Å². The smallest absolute Gasteiger partial charge is 0.134 e. The van der Waals surface area contributed by atoms with Crippen molar-refractivity contribution in [1.29, 1.82) is 0 Å². The van der Waals surface area contributed by atoms with E-state index in [-0.39, 0.29) is 6.61 Å². The summed E-state index contributed by atoms with van der Waals surface area (Å²) in [4.78, 5) is 0. The number of halogens is 3. The van der Waals surface area contributed by atoms with E-state index in [9.17, 15) is 5.11 Å². The van der Waals surface area contributed by atoms with Gasteiger partial charge in [-0.25, -0.2) is 0 Å². The molecule has 0 atom stereocenters. The van der Waals surface area contributed by atoms with Crippen molar-refractivity contribution in [3.63, 3.8) is 0 Å². The van der Waals surface area contributed by atoms with Crippen LogP contribution in [0.3, 0.4) is 0 Å². The summed E-state index contributed by atoms with van der Waals surface area (Å²) in [5, 5.41) is 10.6. The van der Waals surface area contributed by atoms with Crippen LogP contribution in [0, 0.1) is 0 Å². The number of aliphatic hydroxyl groups excluding tert-OH is 1. The lowest BCUT2D eigenvalue weighted by Gasteiger charge is -2.11. The van der Waals surface area contributed by atoms with Crippen LogP contribution in [0.2, 0.25) is 15.1 Å². The third-order valence-electron chi connectivity index (χ3n) is 2.35. The lowest BCUT2D eigenvalue weighted by Crippen LogP contribution is -1.92. The van der Waals surface area contributed by atoms with Crippen LogP contribution < -0.4 is 4.74 Å². The van der Waals surface area contributed by atoms with Gasteiger partial charge in [-0.05, 0) is 24.3 Å². The number of hydrogen-bond acceptors (Lipinski definition) is 2. The molecule has 0 bridgehead atoms. The van der Waals surface area contributed by atoms with E-state index in [2.05, 4.69) is 0 Å². The maximum absolute atomic E-state index is 9.26. The molecular weight excluding hydrogens is 294 g/mol. The van der Waals surface area contributed by atoms with Crippen molar-refractivity contribution in [2.24, 2.45) is 0 Å². The summed E-state index contributed by atoms with van der Waals surface area (Å²) >= 11 is 17.7. The molecular formula is C13H9Cl3O2. The first-order chi connectivity index (χ1) is 8.61. The molecule has 0 aliphatic carbocycles. The molecule has 1 N–H and O–H groups in total. The highest BCUT2D eigenvalue weighted by Gasteiger charge is 2.09. The van der Waals surface area contributed by atoms with E-state index >= 15 is 0 Å². The molecule has 2 aromatic rings. The van der Waals surface area contributed by atoms with Crippen molar-refractivity contribution in [1.82, 2.24) is 0 Å². The fraction of sp³-hybridized carbons (Fsp3) is 0.0769. The Balaban J connectivity index is 2.34. The first kappa shape index (κ1) is 13.5. The van der Waals surface area contributed by atoms with Crippen LogP contribution in [0.5, 0.6) is 11.5 Å². The molecule has 0 radical (unpaired) electrons. The molecule has 0 saturated heterocycles. The molecule has 94 valence electrons. The Morgan fingerprint density at radius 3 is 2.39 bits per heavy atom. The van der Waals surface area contributed by atoms with Crippen molar-refractivity contribution in [3.8, 4) is 11.5 Å². The largest absolute Gasteiger partial charge is 0.457 e. The summed E-state index contributed by atoms with van der Waals surface area (Å²) < 4.78 is 5.63. The molecule has 0 spiro atoms. The van der Waals surface area contributed by atoms with Gasteiger partial charge in [-0.15, -0.1) is 0 Å². The summed E-state index contributed by atoms with van der Waals surface area (Å²) in [5.74, 6) is 1.02. The number of ether oxygens (including phenoxy) is 1. The SMILES string of the molecule is OCc1c(Cl)cccc1Oc1ccc(Cl)c(Cl)c1. The van der Waals surface area contributed by atoms with Gasteiger partial charge in [-0.3, -0.25) is 0 Å². The number of benzene rings is 2. The van der Waals surface area contributed by atoms with Crippen molar-refractivity contribution < 1.29 is 9.84 Å². The van der Waals surface area contributed by atoms with E-state index in [1.807, 2.05) is 0 Å². The second-order valence-electron chi connectivity index (χ2n) is 3.55. The highest BCUT2D eigenvalue weighted by Crippen LogP contribution is 2.33. The topological polar surface area (TPSA) is 29.5 Å². The molecule has 5 heteroatoms. The normalized spacial score (nSPS) is 10.4. The fourth-order valence-electron chi connectivity index (χ4n) is 1.46. The zero-order valence-corrected chi connectivity index (χ0v) is 11.4. The molecule has 2 aromatic carbocycles. The van der Waals surface area contributed by atoms with Gasteiger partial charge in [0.05, 0.1) is 16.7 Å². The molecule has 0 fully saturated rings. The van der Waals surface area contributed by atoms with Crippen molar-refractivity contribution >= 4 is 34.8 Å². The zero-order valence-electron chi connectivity index (χ0n) is 9.16. The van der Waals surface area contributed by atoms with Gasteiger partial charge < -0.3 is 9.84 Å². The molecule has 2 rings (SSSR count). The summed E-state index contributed by atoms with van der Waals surface area (Å²) in [6.45, 7) is -0.198. The average Bonchev–Trinajstić information content (AvgIpc) is 2.34. The third kappa shape index (κ3) is 2.90. The Morgan fingerprint density at radius 1 is 0.944 bits per heavy atom. The van der Waals surface area contributed by atoms with Crippen LogP contribution in [0.15, 0.2) is 36.4 Å². The molecule has 0 aliphatic heterocycles. The Hall–Kier alpha value is -0.930. The molecule has 0 unspecified atom stereocenters. The Bertz CT molecular complexity index is 570. The fourth-order valence-corrected chi connectivity index (χ4v) is 1.97. The lowest BCUT2D eigenvalue weighted by molar-refractivity contribution is 0.276. The van der Waals surface area contributed by atoms with E-state index < -0.39 is 0 Å². The average molecular weight is 304 g/mol. The Labute approximate surface area is 120 Å². The van der Waals surface area contributed by atoms with Gasteiger partial charge >= 0.3 is 0 Å². The maximum Gasteiger partial charge on any atom is 0.134 e. The minimum atomic E-state index is -0.198. The molecule has 0 saturated carbocycles. The van der Waals surface area contributed by atoms with E-state index in [1.54, 1.807) is 36.4 Å². The molecule has 0 heterocycles. The van der Waals surface area contributed by atoms with E-state index in [1.165, 1.54) is 0 Å². The quantitative estimate of drug-likeness (QED) is 0.871. The second-order valence-corrected chi connectivity index (χ2v) is 4.77. The molecule has 2 nitrogen and oxygen atoms in total. The van der Waals surface area contributed by atoms with Gasteiger partial charge in [-0.1, -0.05) is 40.9 Å². The van der Waals surface area contributed by atoms with Crippen molar-refractivity contribution in [2.45, 2.75) is 6.61 Å². The first-order valence-electron chi connectivity index (χ1n) is 5.13. The number of rotatable bonds is 3. The predicted octanol–water partition coefficient (Wildman–Crippen LogP) is 4.93. The van der Waals surface area contributed by atoms with E-state index in [0.29, 0.717) is 32.1 Å². The maximum atomic E-state index is 9.26. The van der Waals surface area contributed by atoms with Crippen LogP contribution in [0.4, 0.5) is 0 Å². The summed E-state index contributed by atoms with van der Waals surface area (Å²) in [6.07, 6.45) is 0. The Kier molecular flexibility index (Phi) is 4.36. The van der Waals surface area contributed by atoms with Gasteiger partial charge in [0.1, 0.15) is 11.5 Å².